The zero-order valence-electron chi connectivity index (χ0n) is 58.4. The predicted octanol–water partition coefficient (Wildman–Crippen LogP) is 21.8. The summed E-state index contributed by atoms with van der Waals surface area (Å²) in [5.41, 5.74) is 3.88. The maximum atomic E-state index is 15.7. The van der Waals surface area contributed by atoms with Crippen molar-refractivity contribution in [1.82, 2.24) is 9.80 Å². The maximum absolute atomic E-state index is 15.7. The molecule has 6 nitrogen and oxygen atoms in total. The van der Waals surface area contributed by atoms with Crippen LogP contribution in [0.5, 0.6) is 0 Å². The van der Waals surface area contributed by atoms with Crippen molar-refractivity contribution in [3.63, 3.8) is 0 Å². The highest BCUT2D eigenvalue weighted by atomic mass is 32.1. The monoisotopic (exact) mass is 1430 g/mol. The van der Waals surface area contributed by atoms with Gasteiger partial charge in [0.1, 0.15) is 0 Å². The van der Waals surface area contributed by atoms with Gasteiger partial charge >= 0.3 is 0 Å². The smallest absolute Gasteiger partial charge is 0.263 e. The van der Waals surface area contributed by atoms with E-state index in [4.69, 9.17) is 0 Å². The SMILES string of the molecule is CCCCCCCCN1C(=O)c2c(C)sc(-c3cc4c(s3)-c3sc(-c5sc(-c6cc7c(s6)-c6sc(C)cc6[Si]7(CCCCCCCC)c6ccc(CCCC)cc6)c6c5C(=O)N(CCCCCCCC)C6=O)cc3[Si]4(CC(CC)CCCC)c3ccc(CCCC)s3)c2C1=O. The molecule has 3 unspecified atom stereocenters. The Balaban J connectivity index is 1.02. The number of hydrogen-bond acceptors (Lipinski definition) is 11. The first-order chi connectivity index (χ1) is 46.3. The number of imide groups is 2. The Hall–Kier alpha value is -4.17. The van der Waals surface area contributed by atoms with E-state index in [0.717, 1.165) is 123 Å². The molecule has 4 aliphatic rings. The number of fused-ring (bicyclic) bond motifs is 8. The molecule has 1 aromatic carbocycles. The molecule has 0 saturated heterocycles. The molecule has 0 radical (unpaired) electrons. The van der Waals surface area contributed by atoms with E-state index in [1.54, 1.807) is 37.7 Å². The molecule has 95 heavy (non-hydrogen) atoms. The van der Waals surface area contributed by atoms with Gasteiger partial charge < -0.3 is 0 Å². The summed E-state index contributed by atoms with van der Waals surface area (Å²) in [5, 5.41) is 7.51. The Kier molecular flexibility index (Phi) is 23.5. The van der Waals surface area contributed by atoms with Gasteiger partial charge in [-0.3, -0.25) is 29.0 Å². The van der Waals surface area contributed by atoms with E-state index in [2.05, 4.69) is 116 Å². The summed E-state index contributed by atoms with van der Waals surface area (Å²) in [6.07, 6.45) is 32.0. The fraction of sp³-hybridized carbons (Fsp3) is 0.525. The van der Waals surface area contributed by atoms with Gasteiger partial charge in [-0.05, 0) is 132 Å². The third kappa shape index (κ3) is 13.5. The minimum Gasteiger partial charge on any atom is -0.274 e. The first kappa shape index (κ1) is 70.7. The first-order valence-corrected chi connectivity index (χ1v) is 47.2. The molecule has 4 aliphatic heterocycles. The number of carbonyl (C=O) groups is 4. The summed E-state index contributed by atoms with van der Waals surface area (Å²) in [6, 6.07) is 27.2. The number of benzene rings is 1. The van der Waals surface area contributed by atoms with Crippen LogP contribution in [0.1, 0.15) is 277 Å². The molecule has 12 rings (SSSR count). The zero-order chi connectivity index (χ0) is 66.5. The van der Waals surface area contributed by atoms with Gasteiger partial charge in [0, 0.05) is 66.4 Å². The minimum absolute atomic E-state index is 0.120. The van der Waals surface area contributed by atoms with Crippen molar-refractivity contribution in [1.29, 1.82) is 0 Å². The minimum atomic E-state index is -2.86. The molecule has 0 bridgehead atoms. The fourth-order valence-electron chi connectivity index (χ4n) is 16.1. The van der Waals surface area contributed by atoms with Crippen molar-refractivity contribution in [2.75, 3.05) is 13.1 Å². The van der Waals surface area contributed by atoms with Crippen LogP contribution in [0.25, 0.3) is 48.8 Å². The van der Waals surface area contributed by atoms with Crippen LogP contribution < -0.4 is 30.4 Å². The molecule has 7 aromatic heterocycles. The Morgan fingerprint density at radius 3 is 1.36 bits per heavy atom. The second kappa shape index (κ2) is 31.6. The molecule has 8 aromatic rings. The summed E-state index contributed by atoms with van der Waals surface area (Å²) < 4.78 is 1.50. The molecule has 0 saturated carbocycles. The van der Waals surface area contributed by atoms with Crippen molar-refractivity contribution in [3.05, 3.63) is 103 Å². The maximum Gasteiger partial charge on any atom is 0.263 e. The lowest BCUT2D eigenvalue weighted by molar-refractivity contribution is 0.0636. The van der Waals surface area contributed by atoms with Crippen LogP contribution in [0, 0.1) is 19.8 Å². The number of amides is 4. The molecule has 0 aliphatic carbocycles. The number of thiophene rings is 7. The lowest BCUT2D eigenvalue weighted by Gasteiger charge is -2.32. The van der Waals surface area contributed by atoms with E-state index in [1.165, 1.54) is 163 Å². The normalized spacial score (nSPS) is 17.3. The molecule has 506 valence electrons. The predicted molar refractivity (Wildman–Crippen MR) is 421 cm³/mol. The van der Waals surface area contributed by atoms with Crippen LogP contribution >= 0.6 is 79.4 Å². The molecule has 11 heterocycles. The second-order valence-corrected chi connectivity index (χ2v) is 44.1. The molecule has 0 spiro atoms. The Morgan fingerprint density at radius 2 is 0.832 bits per heavy atom. The fourth-order valence-corrected chi connectivity index (χ4v) is 39.7. The number of hydrogen-bond donors (Lipinski definition) is 0. The highest BCUT2D eigenvalue weighted by molar-refractivity contribution is 7.40. The average Bonchev–Trinajstić information content (AvgIpc) is 1.53. The second-order valence-electron chi connectivity index (χ2n) is 28.1. The van der Waals surface area contributed by atoms with E-state index < -0.39 is 16.1 Å². The Bertz CT molecular complexity index is 4030. The molecular weight excluding hydrogens is 1330 g/mol. The number of nitrogens with zero attached hydrogens (tertiary/aromatic N) is 2. The van der Waals surface area contributed by atoms with E-state index >= 15 is 9.59 Å². The van der Waals surface area contributed by atoms with Crippen LogP contribution in [0.3, 0.4) is 0 Å². The standard InChI is InChI=1S/C80H102N2O4S7Si2/c1-10-17-23-26-29-32-44-81-77(83)66-53(9)88-70(67(66)78(81)84)58-49-63-75(90-58)76-64(95(63,51-54(16-7)35-20-13-4)65-43-40-56(89-65)37-22-15-6)50-60(92-76)72-69-68(79(85)82(80(69)86)45-33-30-27-24-18-11-2)71(93-72)59-48-62-74(91-59)73-61(47-52(8)87-73)94(62,46-34-31-28-25-19-12-3)57-41-38-55(39-42-57)36-21-14-5/h38-43,47-50,54H,10-37,44-46,51H2,1-9H3. The molecule has 4 amide bonds. The van der Waals surface area contributed by atoms with Crippen molar-refractivity contribution in [3.8, 4) is 48.8 Å². The van der Waals surface area contributed by atoms with Gasteiger partial charge in [0.05, 0.1) is 36.9 Å². The van der Waals surface area contributed by atoms with Crippen LogP contribution in [0.15, 0.2) is 60.7 Å². The van der Waals surface area contributed by atoms with E-state index in [9.17, 15) is 9.59 Å². The van der Waals surface area contributed by atoms with Crippen molar-refractivity contribution in [2.45, 2.75) is 254 Å². The number of carbonyl (C=O) groups excluding carboxylic acids is 4. The third-order valence-corrected chi connectivity index (χ3v) is 42.0. The molecule has 3 atom stereocenters. The summed E-state index contributed by atoms with van der Waals surface area (Å²) >= 11 is 12.9. The van der Waals surface area contributed by atoms with Gasteiger partial charge in [-0.2, -0.15) is 0 Å². The highest BCUT2D eigenvalue weighted by Gasteiger charge is 2.54. The van der Waals surface area contributed by atoms with Crippen molar-refractivity contribution < 1.29 is 19.2 Å². The molecule has 0 N–H and O–H groups in total. The largest absolute Gasteiger partial charge is 0.274 e. The van der Waals surface area contributed by atoms with E-state index in [1.807, 2.05) is 63.6 Å². The third-order valence-electron chi connectivity index (χ3n) is 21.4. The van der Waals surface area contributed by atoms with Gasteiger partial charge in [-0.15, -0.1) is 79.4 Å². The van der Waals surface area contributed by atoms with Gasteiger partial charge in [0.2, 0.25) is 0 Å². The summed E-state index contributed by atoms with van der Waals surface area (Å²) in [4.78, 5) is 79.2. The Labute approximate surface area is 598 Å². The first-order valence-electron chi connectivity index (χ1n) is 37.1. The topological polar surface area (TPSA) is 74.8 Å². The van der Waals surface area contributed by atoms with Crippen LogP contribution in [0.2, 0.25) is 12.1 Å². The van der Waals surface area contributed by atoms with Gasteiger partial charge in [0.15, 0.2) is 16.1 Å². The summed E-state index contributed by atoms with van der Waals surface area (Å²) in [7, 11) is -5.41. The lowest BCUT2D eigenvalue weighted by atomic mass is 10.0. The molecule has 15 heteroatoms. The summed E-state index contributed by atoms with van der Waals surface area (Å²) in [6.45, 7) is 21.3. The number of rotatable bonds is 38. The van der Waals surface area contributed by atoms with E-state index in [-0.39, 0.29) is 23.6 Å². The van der Waals surface area contributed by atoms with E-state index in [0.29, 0.717) is 41.3 Å². The van der Waals surface area contributed by atoms with Gasteiger partial charge in [0.25, 0.3) is 23.6 Å². The zero-order valence-corrected chi connectivity index (χ0v) is 66.1. The van der Waals surface area contributed by atoms with Gasteiger partial charge in [-0.1, -0.05) is 220 Å². The molecular formula is C80H102N2O4S7Si2. The number of aryl methyl sites for hydroxylation is 4. The van der Waals surface area contributed by atoms with Crippen molar-refractivity contribution in [2.24, 2.45) is 5.92 Å². The van der Waals surface area contributed by atoms with Crippen LogP contribution in [-0.2, 0) is 12.8 Å². The quantitative estimate of drug-likeness (QED) is 0.0220. The summed E-state index contributed by atoms with van der Waals surface area (Å²) in [5.74, 6) is 0.00495. The number of unbranched alkanes of at least 4 members (excludes halogenated alkanes) is 18. The highest BCUT2D eigenvalue weighted by Crippen LogP contribution is 2.55. The van der Waals surface area contributed by atoms with Crippen LogP contribution in [0.4, 0.5) is 0 Å². The van der Waals surface area contributed by atoms with Crippen molar-refractivity contribution >= 4 is 150 Å². The average molecular weight is 1440 g/mol. The molecule has 0 fully saturated rings. The lowest BCUT2D eigenvalue weighted by Crippen LogP contribution is -2.64. The van der Waals surface area contributed by atoms with Crippen LogP contribution in [-0.4, -0.2) is 62.7 Å². The Morgan fingerprint density at radius 1 is 0.389 bits per heavy atom. The van der Waals surface area contributed by atoms with Gasteiger partial charge in [-0.25, -0.2) is 0 Å².